The SMILES string of the molecule is CC.CCC1CCC(c2c(F)cc(F)cc2Cl)CC1. The third-order valence-electron chi connectivity index (χ3n) is 3.88. The van der Waals surface area contributed by atoms with E-state index in [1.54, 1.807) is 0 Å². The Hall–Kier alpha value is -0.630. The molecular formula is C16H23ClF2. The molecule has 3 heteroatoms. The van der Waals surface area contributed by atoms with Crippen LogP contribution in [0.2, 0.25) is 5.02 Å². The molecular weight excluding hydrogens is 266 g/mol. The fourth-order valence-electron chi connectivity index (χ4n) is 2.80. The van der Waals surface area contributed by atoms with Crippen molar-refractivity contribution in [2.24, 2.45) is 5.92 Å². The normalized spacial score (nSPS) is 22.6. The second-order valence-corrected chi connectivity index (χ2v) is 5.32. The van der Waals surface area contributed by atoms with Gasteiger partial charge >= 0.3 is 0 Å². The van der Waals surface area contributed by atoms with Crippen LogP contribution in [0.3, 0.4) is 0 Å². The van der Waals surface area contributed by atoms with E-state index in [1.807, 2.05) is 13.8 Å². The first-order valence-corrected chi connectivity index (χ1v) is 7.64. The second kappa shape index (κ2) is 7.84. The fourth-order valence-corrected chi connectivity index (χ4v) is 3.15. The summed E-state index contributed by atoms with van der Waals surface area (Å²) in [5, 5.41) is 0.238. The predicted octanol–water partition coefficient (Wildman–Crippen LogP) is 6.33. The molecule has 0 nitrogen and oxygen atoms in total. The van der Waals surface area contributed by atoms with E-state index in [0.29, 0.717) is 5.56 Å². The Bertz CT molecular complexity index is 373. The maximum Gasteiger partial charge on any atom is 0.131 e. The van der Waals surface area contributed by atoms with Crippen molar-refractivity contribution < 1.29 is 8.78 Å². The molecule has 1 fully saturated rings. The van der Waals surface area contributed by atoms with Gasteiger partial charge < -0.3 is 0 Å². The molecule has 0 unspecified atom stereocenters. The van der Waals surface area contributed by atoms with Crippen LogP contribution in [0.5, 0.6) is 0 Å². The minimum absolute atomic E-state index is 0.158. The van der Waals surface area contributed by atoms with E-state index in [1.165, 1.54) is 12.5 Å². The lowest BCUT2D eigenvalue weighted by Gasteiger charge is -2.28. The van der Waals surface area contributed by atoms with E-state index in [-0.39, 0.29) is 10.9 Å². The number of hydrogen-bond acceptors (Lipinski definition) is 0. The topological polar surface area (TPSA) is 0 Å². The number of hydrogen-bond donors (Lipinski definition) is 0. The molecule has 0 atom stereocenters. The number of halogens is 3. The molecule has 0 heterocycles. The molecule has 0 N–H and O–H groups in total. The molecule has 0 aromatic heterocycles. The fraction of sp³-hybridized carbons (Fsp3) is 0.625. The monoisotopic (exact) mass is 288 g/mol. The summed E-state index contributed by atoms with van der Waals surface area (Å²) in [6.07, 6.45) is 5.34. The van der Waals surface area contributed by atoms with Gasteiger partial charge in [-0.05, 0) is 43.6 Å². The van der Waals surface area contributed by atoms with E-state index < -0.39 is 11.6 Å². The molecule has 1 saturated carbocycles. The lowest BCUT2D eigenvalue weighted by Crippen LogP contribution is -2.14. The van der Waals surface area contributed by atoms with Crippen LogP contribution >= 0.6 is 11.6 Å². The Balaban J connectivity index is 0.000000861. The molecule has 108 valence electrons. The van der Waals surface area contributed by atoms with Crippen molar-refractivity contribution in [2.45, 2.75) is 58.8 Å². The zero-order valence-corrected chi connectivity index (χ0v) is 12.7. The summed E-state index contributed by atoms with van der Waals surface area (Å²) < 4.78 is 26.7. The highest BCUT2D eigenvalue weighted by Crippen LogP contribution is 2.40. The number of rotatable bonds is 2. The third kappa shape index (κ3) is 4.17. The first kappa shape index (κ1) is 16.4. The van der Waals surface area contributed by atoms with Crippen LogP contribution in [0.25, 0.3) is 0 Å². The first-order valence-electron chi connectivity index (χ1n) is 7.26. The smallest absolute Gasteiger partial charge is 0.131 e. The van der Waals surface area contributed by atoms with Crippen LogP contribution in [0, 0.1) is 17.6 Å². The molecule has 2 rings (SSSR count). The van der Waals surface area contributed by atoms with E-state index in [0.717, 1.165) is 37.7 Å². The Kier molecular flexibility index (Phi) is 6.78. The van der Waals surface area contributed by atoms with Crippen molar-refractivity contribution in [3.63, 3.8) is 0 Å². The summed E-state index contributed by atoms with van der Waals surface area (Å²) in [5.41, 5.74) is 0.516. The van der Waals surface area contributed by atoms with Crippen molar-refractivity contribution in [2.75, 3.05) is 0 Å². The first-order chi connectivity index (χ1) is 9.11. The van der Waals surface area contributed by atoms with Crippen LogP contribution < -0.4 is 0 Å². The molecule has 0 saturated heterocycles. The summed E-state index contributed by atoms with van der Waals surface area (Å²) in [6, 6.07) is 2.15. The minimum atomic E-state index is -0.599. The molecule has 1 aliphatic carbocycles. The molecule has 1 aromatic carbocycles. The molecule has 1 aliphatic rings. The Morgan fingerprint density at radius 1 is 1.11 bits per heavy atom. The van der Waals surface area contributed by atoms with Crippen LogP contribution in [0.4, 0.5) is 8.78 Å². The molecule has 1 aromatic rings. The van der Waals surface area contributed by atoms with Crippen LogP contribution in [0.15, 0.2) is 12.1 Å². The standard InChI is InChI=1S/C14H17ClF2.C2H6/c1-2-9-3-5-10(6-4-9)14-12(15)7-11(16)8-13(14)17;1-2/h7-10H,2-6H2,1H3;1-2H3. The average Bonchev–Trinajstić information content (AvgIpc) is 2.40. The van der Waals surface area contributed by atoms with Crippen LogP contribution in [-0.2, 0) is 0 Å². The average molecular weight is 289 g/mol. The summed E-state index contributed by atoms with van der Waals surface area (Å²) in [5.74, 6) is -0.173. The summed E-state index contributed by atoms with van der Waals surface area (Å²) in [6.45, 7) is 6.19. The van der Waals surface area contributed by atoms with E-state index >= 15 is 0 Å². The lowest BCUT2D eigenvalue weighted by atomic mass is 9.77. The Morgan fingerprint density at radius 2 is 1.68 bits per heavy atom. The molecule has 0 aliphatic heterocycles. The Labute approximate surface area is 120 Å². The second-order valence-electron chi connectivity index (χ2n) is 4.91. The van der Waals surface area contributed by atoms with Gasteiger partial charge in [-0.3, -0.25) is 0 Å². The van der Waals surface area contributed by atoms with Gasteiger partial charge in [0.25, 0.3) is 0 Å². The van der Waals surface area contributed by atoms with Crippen molar-refractivity contribution in [3.8, 4) is 0 Å². The molecule has 0 amide bonds. The zero-order valence-electron chi connectivity index (χ0n) is 12.0. The van der Waals surface area contributed by atoms with Gasteiger partial charge in [-0.15, -0.1) is 0 Å². The zero-order chi connectivity index (χ0) is 14.4. The maximum atomic E-state index is 13.8. The molecule has 0 radical (unpaired) electrons. The minimum Gasteiger partial charge on any atom is -0.207 e. The van der Waals surface area contributed by atoms with Crippen molar-refractivity contribution in [3.05, 3.63) is 34.4 Å². The Morgan fingerprint density at radius 3 is 2.16 bits per heavy atom. The maximum absolute atomic E-state index is 13.8. The van der Waals surface area contributed by atoms with Crippen molar-refractivity contribution in [1.82, 2.24) is 0 Å². The van der Waals surface area contributed by atoms with E-state index in [4.69, 9.17) is 11.6 Å². The summed E-state index contributed by atoms with van der Waals surface area (Å²) >= 11 is 5.96. The predicted molar refractivity (Wildman–Crippen MR) is 77.7 cm³/mol. The van der Waals surface area contributed by atoms with Gasteiger partial charge in [0.2, 0.25) is 0 Å². The summed E-state index contributed by atoms with van der Waals surface area (Å²) in [7, 11) is 0. The van der Waals surface area contributed by atoms with Gasteiger partial charge in [0, 0.05) is 16.7 Å². The highest BCUT2D eigenvalue weighted by atomic mass is 35.5. The van der Waals surface area contributed by atoms with Crippen molar-refractivity contribution >= 4 is 11.6 Å². The lowest BCUT2D eigenvalue weighted by molar-refractivity contribution is 0.314. The van der Waals surface area contributed by atoms with Crippen LogP contribution in [-0.4, -0.2) is 0 Å². The molecule has 0 bridgehead atoms. The molecule has 0 spiro atoms. The number of benzene rings is 1. The van der Waals surface area contributed by atoms with Gasteiger partial charge in [-0.25, -0.2) is 8.78 Å². The molecule has 19 heavy (non-hydrogen) atoms. The highest BCUT2D eigenvalue weighted by Gasteiger charge is 2.25. The van der Waals surface area contributed by atoms with E-state index in [2.05, 4.69) is 6.92 Å². The van der Waals surface area contributed by atoms with Gasteiger partial charge in [-0.2, -0.15) is 0 Å². The highest BCUT2D eigenvalue weighted by molar-refractivity contribution is 6.31. The van der Waals surface area contributed by atoms with Gasteiger partial charge in [0.1, 0.15) is 11.6 Å². The third-order valence-corrected chi connectivity index (χ3v) is 4.19. The van der Waals surface area contributed by atoms with E-state index in [9.17, 15) is 8.78 Å². The van der Waals surface area contributed by atoms with Crippen LogP contribution in [0.1, 0.15) is 64.4 Å². The van der Waals surface area contributed by atoms with Gasteiger partial charge in [0.15, 0.2) is 0 Å². The quantitative estimate of drug-likeness (QED) is 0.596. The van der Waals surface area contributed by atoms with Gasteiger partial charge in [0.05, 0.1) is 0 Å². The largest absolute Gasteiger partial charge is 0.207 e. The van der Waals surface area contributed by atoms with Crippen molar-refractivity contribution in [1.29, 1.82) is 0 Å². The summed E-state index contributed by atoms with van der Waals surface area (Å²) in [4.78, 5) is 0. The van der Waals surface area contributed by atoms with Gasteiger partial charge in [-0.1, -0.05) is 38.8 Å².